The van der Waals surface area contributed by atoms with Crippen LogP contribution in [0.15, 0.2) is 42.5 Å². The van der Waals surface area contributed by atoms with Gasteiger partial charge in [0.25, 0.3) is 5.91 Å². The van der Waals surface area contributed by atoms with E-state index in [0.29, 0.717) is 36.8 Å². The molecular formula is C21H25IN2O4. The number of para-hydroxylation sites is 1. The van der Waals surface area contributed by atoms with E-state index < -0.39 is 0 Å². The molecule has 1 aliphatic rings. The molecule has 0 aromatic heterocycles. The van der Waals surface area contributed by atoms with Gasteiger partial charge in [0.15, 0.2) is 11.5 Å². The lowest BCUT2D eigenvalue weighted by molar-refractivity contribution is 0.0619. The van der Waals surface area contributed by atoms with Gasteiger partial charge in [0.05, 0.1) is 19.8 Å². The number of ether oxygens (including phenoxy) is 3. The van der Waals surface area contributed by atoms with Crippen LogP contribution in [-0.2, 0) is 0 Å². The van der Waals surface area contributed by atoms with Crippen molar-refractivity contribution in [3.8, 4) is 17.2 Å². The Labute approximate surface area is 179 Å². The fraction of sp³-hybridized carbons (Fsp3) is 0.381. The lowest BCUT2D eigenvalue weighted by atomic mass is 10.1. The summed E-state index contributed by atoms with van der Waals surface area (Å²) in [4.78, 5) is 17.2. The van der Waals surface area contributed by atoms with Crippen LogP contribution in [0.5, 0.6) is 17.2 Å². The zero-order valence-corrected chi connectivity index (χ0v) is 18.3. The Bertz CT molecular complexity index is 792. The van der Waals surface area contributed by atoms with Crippen LogP contribution in [0.4, 0.5) is 0 Å². The molecule has 1 aliphatic heterocycles. The van der Waals surface area contributed by atoms with E-state index >= 15 is 0 Å². The molecule has 6 nitrogen and oxygen atoms in total. The summed E-state index contributed by atoms with van der Waals surface area (Å²) >= 11 is 2.17. The smallest absolute Gasteiger partial charge is 0.255 e. The number of hydrogen-bond donors (Lipinski definition) is 0. The molecule has 0 radical (unpaired) electrons. The molecule has 150 valence electrons. The average Bonchev–Trinajstić information content (AvgIpc) is 2.74. The summed E-state index contributed by atoms with van der Waals surface area (Å²) in [5, 5.41) is 0. The number of piperazine rings is 1. The van der Waals surface area contributed by atoms with Crippen molar-refractivity contribution in [1.82, 2.24) is 9.80 Å². The lowest BCUT2D eigenvalue weighted by Crippen LogP contribution is -2.49. The number of benzene rings is 2. The van der Waals surface area contributed by atoms with Crippen LogP contribution in [0.1, 0.15) is 10.4 Å². The van der Waals surface area contributed by atoms with Gasteiger partial charge in [0.2, 0.25) is 0 Å². The molecule has 1 fully saturated rings. The van der Waals surface area contributed by atoms with Gasteiger partial charge in [0.1, 0.15) is 12.4 Å². The summed E-state index contributed by atoms with van der Waals surface area (Å²) in [6, 6.07) is 13.4. The second-order valence-electron chi connectivity index (χ2n) is 6.48. The van der Waals surface area contributed by atoms with Gasteiger partial charge in [-0.1, -0.05) is 18.2 Å². The third-order valence-electron chi connectivity index (χ3n) is 4.78. The van der Waals surface area contributed by atoms with Gasteiger partial charge >= 0.3 is 0 Å². The number of hydrogen-bond acceptors (Lipinski definition) is 5. The zero-order chi connectivity index (χ0) is 19.9. The van der Waals surface area contributed by atoms with Gasteiger partial charge in [-0.2, -0.15) is 0 Å². The normalized spacial score (nSPS) is 14.6. The number of amides is 1. The third-order valence-corrected chi connectivity index (χ3v) is 5.68. The van der Waals surface area contributed by atoms with E-state index in [1.54, 1.807) is 20.3 Å². The van der Waals surface area contributed by atoms with Crippen LogP contribution in [0, 0.1) is 3.57 Å². The maximum atomic E-state index is 13.0. The van der Waals surface area contributed by atoms with Crippen molar-refractivity contribution >= 4 is 28.5 Å². The maximum Gasteiger partial charge on any atom is 0.255 e. The van der Waals surface area contributed by atoms with E-state index in [0.717, 1.165) is 29.0 Å². The fourth-order valence-electron chi connectivity index (χ4n) is 3.17. The SMILES string of the molecule is COc1cc(I)c(C(=O)N2CCN(CCOc3ccccc3)CC2)cc1OC. The molecule has 0 unspecified atom stereocenters. The monoisotopic (exact) mass is 496 g/mol. The molecule has 1 heterocycles. The van der Waals surface area contributed by atoms with E-state index in [-0.39, 0.29) is 5.91 Å². The Morgan fingerprint density at radius 2 is 1.64 bits per heavy atom. The summed E-state index contributed by atoms with van der Waals surface area (Å²) < 4.78 is 17.3. The Morgan fingerprint density at radius 3 is 2.29 bits per heavy atom. The highest BCUT2D eigenvalue weighted by Gasteiger charge is 2.24. The second kappa shape index (κ2) is 9.97. The molecule has 2 aromatic carbocycles. The second-order valence-corrected chi connectivity index (χ2v) is 7.64. The molecule has 2 aromatic rings. The fourth-order valence-corrected chi connectivity index (χ4v) is 3.84. The highest BCUT2D eigenvalue weighted by atomic mass is 127. The van der Waals surface area contributed by atoms with Crippen LogP contribution in [0.2, 0.25) is 0 Å². The van der Waals surface area contributed by atoms with Crippen molar-refractivity contribution in [3.63, 3.8) is 0 Å². The lowest BCUT2D eigenvalue weighted by Gasteiger charge is -2.34. The van der Waals surface area contributed by atoms with Crippen molar-refractivity contribution in [2.75, 3.05) is 53.6 Å². The molecule has 0 N–H and O–H groups in total. The Kier molecular flexibility index (Phi) is 7.38. The largest absolute Gasteiger partial charge is 0.493 e. The minimum Gasteiger partial charge on any atom is -0.493 e. The van der Waals surface area contributed by atoms with Crippen molar-refractivity contribution in [1.29, 1.82) is 0 Å². The molecule has 1 saturated heterocycles. The molecular weight excluding hydrogens is 471 g/mol. The predicted octanol–water partition coefficient (Wildman–Crippen LogP) is 3.15. The first-order valence-corrected chi connectivity index (χ1v) is 10.3. The van der Waals surface area contributed by atoms with Crippen LogP contribution in [-0.4, -0.2) is 69.3 Å². The first kappa shape index (κ1) is 20.7. The van der Waals surface area contributed by atoms with Gasteiger partial charge in [-0.25, -0.2) is 0 Å². The highest BCUT2D eigenvalue weighted by molar-refractivity contribution is 14.1. The van der Waals surface area contributed by atoms with Gasteiger partial charge in [-0.3, -0.25) is 9.69 Å². The van der Waals surface area contributed by atoms with Gasteiger partial charge < -0.3 is 19.1 Å². The highest BCUT2D eigenvalue weighted by Crippen LogP contribution is 2.32. The molecule has 0 saturated carbocycles. The van der Waals surface area contributed by atoms with Crippen LogP contribution in [0.3, 0.4) is 0 Å². The number of nitrogens with zero attached hydrogens (tertiary/aromatic N) is 2. The number of rotatable bonds is 7. The van der Waals surface area contributed by atoms with E-state index in [1.807, 2.05) is 41.3 Å². The summed E-state index contributed by atoms with van der Waals surface area (Å²) in [5.41, 5.74) is 0.652. The number of methoxy groups -OCH3 is 2. The maximum absolute atomic E-state index is 13.0. The average molecular weight is 496 g/mol. The summed E-state index contributed by atoms with van der Waals surface area (Å²) in [6.07, 6.45) is 0. The van der Waals surface area contributed by atoms with Crippen LogP contribution in [0.25, 0.3) is 0 Å². The molecule has 7 heteroatoms. The number of halogens is 1. The summed E-state index contributed by atoms with van der Waals surface area (Å²) in [7, 11) is 3.17. The van der Waals surface area contributed by atoms with E-state index in [2.05, 4.69) is 27.5 Å². The zero-order valence-electron chi connectivity index (χ0n) is 16.2. The number of carbonyl (C=O) groups is 1. The minimum absolute atomic E-state index is 0.0329. The first-order valence-electron chi connectivity index (χ1n) is 9.23. The van der Waals surface area contributed by atoms with E-state index in [1.165, 1.54) is 0 Å². The van der Waals surface area contributed by atoms with Crippen LogP contribution >= 0.6 is 22.6 Å². The van der Waals surface area contributed by atoms with E-state index in [4.69, 9.17) is 14.2 Å². The minimum atomic E-state index is 0.0329. The van der Waals surface area contributed by atoms with Crippen LogP contribution < -0.4 is 14.2 Å². The molecule has 3 rings (SSSR count). The quantitative estimate of drug-likeness (QED) is 0.552. The predicted molar refractivity (Wildman–Crippen MR) is 117 cm³/mol. The van der Waals surface area contributed by atoms with Crippen molar-refractivity contribution in [2.24, 2.45) is 0 Å². The molecule has 1 amide bonds. The van der Waals surface area contributed by atoms with Gasteiger partial charge in [-0.15, -0.1) is 0 Å². The Morgan fingerprint density at radius 1 is 1.00 bits per heavy atom. The third kappa shape index (κ3) is 5.08. The molecule has 0 aliphatic carbocycles. The van der Waals surface area contributed by atoms with Crippen molar-refractivity contribution in [2.45, 2.75) is 0 Å². The Hall–Kier alpha value is -2.00. The van der Waals surface area contributed by atoms with Gasteiger partial charge in [-0.05, 0) is 46.9 Å². The molecule has 0 atom stereocenters. The van der Waals surface area contributed by atoms with Gasteiger partial charge in [0, 0.05) is 36.3 Å². The number of carbonyl (C=O) groups excluding carboxylic acids is 1. The van der Waals surface area contributed by atoms with Crippen molar-refractivity contribution in [3.05, 3.63) is 51.6 Å². The van der Waals surface area contributed by atoms with E-state index in [9.17, 15) is 4.79 Å². The molecule has 28 heavy (non-hydrogen) atoms. The topological polar surface area (TPSA) is 51.2 Å². The van der Waals surface area contributed by atoms with Crippen molar-refractivity contribution < 1.29 is 19.0 Å². The molecule has 0 bridgehead atoms. The first-order chi connectivity index (χ1) is 13.6. The Balaban J connectivity index is 1.52. The summed E-state index contributed by atoms with van der Waals surface area (Å²) in [6.45, 7) is 4.58. The standard InChI is InChI=1S/C21H25IN2O4/c1-26-19-14-17(18(22)15-20(19)27-2)21(25)24-10-8-23(9-11-24)12-13-28-16-6-4-3-5-7-16/h3-7,14-15H,8-13H2,1-2H3. The summed E-state index contributed by atoms with van der Waals surface area (Å²) in [5.74, 6) is 2.12. The molecule has 0 spiro atoms.